The molecule has 2 atom stereocenters. The van der Waals surface area contributed by atoms with Crippen molar-refractivity contribution >= 4 is 35.1 Å². The first kappa shape index (κ1) is 19.7. The number of carbonyl (C=O) groups is 3. The molecule has 6 nitrogen and oxygen atoms in total. The minimum atomic E-state index is -0.828. The number of fused-ring (bicyclic) bond motifs is 1. The van der Waals surface area contributed by atoms with Gasteiger partial charge in [0.25, 0.3) is 5.91 Å². The van der Waals surface area contributed by atoms with E-state index < -0.39 is 11.4 Å². The van der Waals surface area contributed by atoms with E-state index in [0.717, 1.165) is 12.8 Å². The van der Waals surface area contributed by atoms with Crippen molar-refractivity contribution in [2.24, 2.45) is 17.3 Å². The van der Waals surface area contributed by atoms with Gasteiger partial charge in [0.15, 0.2) is 0 Å². The fourth-order valence-electron chi connectivity index (χ4n) is 4.31. The molecule has 1 aliphatic heterocycles. The summed E-state index contributed by atoms with van der Waals surface area (Å²) in [6, 6.07) is 4.82. The number of likely N-dealkylation sites (tertiary alicyclic amines) is 1. The topological polar surface area (TPSA) is 86.7 Å². The van der Waals surface area contributed by atoms with E-state index in [4.69, 9.17) is 11.6 Å². The number of hydrogen-bond donors (Lipinski definition) is 2. The number of aliphatic carboxylic acids is 1. The molecule has 3 rings (SSSR count). The Morgan fingerprint density at radius 1 is 1.37 bits per heavy atom. The van der Waals surface area contributed by atoms with E-state index in [-0.39, 0.29) is 30.2 Å². The van der Waals surface area contributed by atoms with Crippen molar-refractivity contribution in [1.29, 1.82) is 0 Å². The Kier molecular flexibility index (Phi) is 5.47. The second kappa shape index (κ2) is 7.50. The van der Waals surface area contributed by atoms with Crippen LogP contribution in [0.1, 0.15) is 49.9 Å². The van der Waals surface area contributed by atoms with Gasteiger partial charge in [-0.05, 0) is 42.9 Å². The van der Waals surface area contributed by atoms with Gasteiger partial charge in [0.2, 0.25) is 5.91 Å². The predicted molar refractivity (Wildman–Crippen MR) is 103 cm³/mol. The molecule has 1 saturated carbocycles. The Bertz CT molecular complexity index is 779. The zero-order valence-corrected chi connectivity index (χ0v) is 16.4. The third kappa shape index (κ3) is 3.81. The third-order valence-electron chi connectivity index (χ3n) is 5.66. The van der Waals surface area contributed by atoms with Crippen LogP contribution in [-0.2, 0) is 9.59 Å². The van der Waals surface area contributed by atoms with Crippen LogP contribution in [0.5, 0.6) is 0 Å². The molecule has 0 bridgehead atoms. The molecule has 1 heterocycles. The first-order valence-electron chi connectivity index (χ1n) is 9.35. The van der Waals surface area contributed by atoms with Crippen molar-refractivity contribution in [2.45, 2.75) is 39.5 Å². The largest absolute Gasteiger partial charge is 0.481 e. The maximum absolute atomic E-state index is 13.0. The number of nitrogens with zero attached hydrogens (tertiary/aromatic N) is 1. The number of amides is 2. The van der Waals surface area contributed by atoms with Crippen molar-refractivity contribution < 1.29 is 19.5 Å². The van der Waals surface area contributed by atoms with E-state index in [1.54, 1.807) is 23.1 Å². The van der Waals surface area contributed by atoms with Gasteiger partial charge in [0.05, 0.1) is 16.0 Å². The second-order valence-corrected chi connectivity index (χ2v) is 8.48. The molecule has 27 heavy (non-hydrogen) atoms. The molecule has 7 heteroatoms. The number of hydrogen-bond acceptors (Lipinski definition) is 3. The third-order valence-corrected chi connectivity index (χ3v) is 5.99. The molecular formula is C20H25ClN2O4. The summed E-state index contributed by atoms with van der Waals surface area (Å²) in [6.45, 7) is 4.56. The van der Waals surface area contributed by atoms with Crippen LogP contribution in [0.15, 0.2) is 18.2 Å². The number of nitrogens with one attached hydrogen (secondary N) is 1. The van der Waals surface area contributed by atoms with E-state index in [9.17, 15) is 19.5 Å². The van der Waals surface area contributed by atoms with Crippen molar-refractivity contribution in [3.05, 3.63) is 28.8 Å². The lowest BCUT2D eigenvalue weighted by atomic mass is 9.81. The van der Waals surface area contributed by atoms with Gasteiger partial charge >= 0.3 is 5.97 Å². The van der Waals surface area contributed by atoms with Crippen molar-refractivity contribution in [2.75, 3.05) is 18.4 Å². The highest BCUT2D eigenvalue weighted by Crippen LogP contribution is 2.49. The molecule has 2 aliphatic rings. The van der Waals surface area contributed by atoms with E-state index in [1.165, 1.54) is 0 Å². The summed E-state index contributed by atoms with van der Waals surface area (Å²) in [5.74, 6) is -0.997. The summed E-state index contributed by atoms with van der Waals surface area (Å²) in [5, 5.41) is 12.8. The number of halogens is 1. The van der Waals surface area contributed by atoms with Gasteiger partial charge in [0, 0.05) is 25.2 Å². The zero-order valence-electron chi connectivity index (χ0n) is 15.6. The molecule has 2 amide bonds. The molecule has 0 unspecified atom stereocenters. The molecular weight excluding hydrogens is 368 g/mol. The summed E-state index contributed by atoms with van der Waals surface area (Å²) in [7, 11) is 0. The molecule has 1 aromatic carbocycles. The van der Waals surface area contributed by atoms with Gasteiger partial charge in [0.1, 0.15) is 0 Å². The maximum atomic E-state index is 13.0. The average molecular weight is 393 g/mol. The van der Waals surface area contributed by atoms with Gasteiger partial charge in [-0.2, -0.15) is 0 Å². The highest BCUT2D eigenvalue weighted by Gasteiger charge is 2.55. The number of anilines is 1. The second-order valence-electron chi connectivity index (χ2n) is 8.08. The maximum Gasteiger partial charge on any atom is 0.311 e. The van der Waals surface area contributed by atoms with Gasteiger partial charge < -0.3 is 15.3 Å². The molecule has 1 saturated heterocycles. The lowest BCUT2D eigenvalue weighted by Gasteiger charge is -2.23. The SMILES string of the molecule is CC(C)CC(=O)Nc1ccc(Cl)c(C(=O)N2C[C@@H]3CCC[C@@]3(C(=O)O)C2)c1. The predicted octanol–water partition coefficient (Wildman–Crippen LogP) is 3.65. The monoisotopic (exact) mass is 392 g/mol. The number of carbonyl (C=O) groups excluding carboxylic acids is 2. The van der Waals surface area contributed by atoms with E-state index in [1.807, 2.05) is 13.8 Å². The molecule has 0 aromatic heterocycles. The van der Waals surface area contributed by atoms with Gasteiger partial charge in [-0.25, -0.2) is 0 Å². The summed E-state index contributed by atoms with van der Waals surface area (Å²) < 4.78 is 0. The first-order valence-corrected chi connectivity index (χ1v) is 9.73. The van der Waals surface area contributed by atoms with Crippen LogP contribution in [0.3, 0.4) is 0 Å². The van der Waals surface area contributed by atoms with E-state index >= 15 is 0 Å². The molecule has 146 valence electrons. The molecule has 0 spiro atoms. The number of rotatable bonds is 5. The normalized spacial score (nSPS) is 24.1. The van der Waals surface area contributed by atoms with Gasteiger partial charge in [-0.1, -0.05) is 31.9 Å². The molecule has 1 aliphatic carbocycles. The number of carboxylic acids is 1. The Hall–Kier alpha value is -2.08. The molecule has 2 fully saturated rings. The number of benzene rings is 1. The van der Waals surface area contributed by atoms with Crippen molar-refractivity contribution in [3.8, 4) is 0 Å². The van der Waals surface area contributed by atoms with Crippen molar-refractivity contribution in [1.82, 2.24) is 4.90 Å². The van der Waals surface area contributed by atoms with Crippen LogP contribution >= 0.6 is 11.6 Å². The lowest BCUT2D eigenvalue weighted by molar-refractivity contribution is -0.149. The molecule has 0 radical (unpaired) electrons. The Morgan fingerprint density at radius 2 is 2.11 bits per heavy atom. The van der Waals surface area contributed by atoms with Crippen LogP contribution < -0.4 is 5.32 Å². The Morgan fingerprint density at radius 3 is 2.74 bits per heavy atom. The molecule has 1 aromatic rings. The fraction of sp³-hybridized carbons (Fsp3) is 0.550. The minimum Gasteiger partial charge on any atom is -0.481 e. The summed E-state index contributed by atoms with van der Waals surface area (Å²) in [5.41, 5.74) is -0.0223. The van der Waals surface area contributed by atoms with E-state index in [0.29, 0.717) is 35.7 Å². The standard InChI is InChI=1S/C20H25ClN2O4/c1-12(2)8-17(24)22-14-5-6-16(21)15(9-14)18(25)23-10-13-4-3-7-20(13,11-23)19(26)27/h5-6,9,12-13H,3-4,7-8,10-11H2,1-2H3,(H,22,24)(H,26,27)/t13-,20+/m0/s1. The van der Waals surface area contributed by atoms with Crippen LogP contribution in [0.25, 0.3) is 0 Å². The summed E-state index contributed by atoms with van der Waals surface area (Å²) in [4.78, 5) is 38.4. The van der Waals surface area contributed by atoms with Crippen LogP contribution in [0.4, 0.5) is 5.69 Å². The minimum absolute atomic E-state index is 0.00773. The summed E-state index contributed by atoms with van der Waals surface area (Å²) >= 11 is 6.23. The average Bonchev–Trinajstić information content (AvgIpc) is 3.13. The van der Waals surface area contributed by atoms with E-state index in [2.05, 4.69) is 5.32 Å². The Balaban J connectivity index is 1.78. The lowest BCUT2D eigenvalue weighted by Crippen LogP contribution is -2.37. The highest BCUT2D eigenvalue weighted by atomic mass is 35.5. The van der Waals surface area contributed by atoms with Gasteiger partial charge in [-0.15, -0.1) is 0 Å². The van der Waals surface area contributed by atoms with Gasteiger partial charge in [-0.3, -0.25) is 14.4 Å². The van der Waals surface area contributed by atoms with Crippen LogP contribution in [0, 0.1) is 17.3 Å². The zero-order chi connectivity index (χ0) is 19.8. The highest BCUT2D eigenvalue weighted by molar-refractivity contribution is 6.34. The Labute approximate surface area is 163 Å². The first-order chi connectivity index (χ1) is 12.7. The smallest absolute Gasteiger partial charge is 0.311 e. The van der Waals surface area contributed by atoms with Crippen LogP contribution in [0.2, 0.25) is 5.02 Å². The van der Waals surface area contributed by atoms with Crippen LogP contribution in [-0.4, -0.2) is 40.9 Å². The fourth-order valence-corrected chi connectivity index (χ4v) is 4.51. The quantitative estimate of drug-likeness (QED) is 0.800. The number of carboxylic acid groups (broad SMARTS) is 1. The van der Waals surface area contributed by atoms with Crippen molar-refractivity contribution in [3.63, 3.8) is 0 Å². The molecule has 2 N–H and O–H groups in total. The summed E-state index contributed by atoms with van der Waals surface area (Å²) in [6.07, 6.45) is 2.71.